The molecular weight excluding hydrogens is 388 g/mol. The maximum absolute atomic E-state index is 5.78. The minimum atomic E-state index is 0.567. The Morgan fingerprint density at radius 1 is 1.28 bits per heavy atom. The van der Waals surface area contributed by atoms with Gasteiger partial charge in [0.1, 0.15) is 11.6 Å². The van der Waals surface area contributed by atoms with E-state index in [0.717, 1.165) is 60.8 Å². The van der Waals surface area contributed by atoms with Crippen LogP contribution in [-0.4, -0.2) is 73.7 Å². The van der Waals surface area contributed by atoms with E-state index >= 15 is 0 Å². The van der Waals surface area contributed by atoms with Gasteiger partial charge in [0.2, 0.25) is 5.13 Å². The molecule has 0 spiro atoms. The highest BCUT2D eigenvalue weighted by Crippen LogP contribution is 2.19. The number of aryl methyl sites for hydroxylation is 1. The van der Waals surface area contributed by atoms with Crippen LogP contribution < -0.4 is 15.0 Å². The zero-order valence-electron chi connectivity index (χ0n) is 17.4. The van der Waals surface area contributed by atoms with Crippen molar-refractivity contribution in [2.45, 2.75) is 20.0 Å². The highest BCUT2D eigenvalue weighted by atomic mass is 32.1. The Hall–Kier alpha value is -2.39. The van der Waals surface area contributed by atoms with Gasteiger partial charge in [-0.2, -0.15) is 4.37 Å². The average molecular weight is 419 g/mol. The molecule has 0 unspecified atom stereocenters. The second kappa shape index (κ2) is 11.0. The lowest BCUT2D eigenvalue weighted by Gasteiger charge is -2.36. The number of nitrogens with one attached hydrogen (secondary N) is 1. The number of benzene rings is 1. The first-order chi connectivity index (χ1) is 14.2. The monoisotopic (exact) mass is 418 g/mol. The van der Waals surface area contributed by atoms with Gasteiger partial charge in [-0.1, -0.05) is 19.1 Å². The van der Waals surface area contributed by atoms with Crippen molar-refractivity contribution in [2.24, 2.45) is 4.99 Å². The highest BCUT2D eigenvalue weighted by Gasteiger charge is 2.21. The lowest BCUT2D eigenvalue weighted by molar-refractivity contribution is 0.124. The number of ether oxygens (including phenoxy) is 2. The van der Waals surface area contributed by atoms with E-state index < -0.39 is 0 Å². The molecule has 1 fully saturated rings. The van der Waals surface area contributed by atoms with E-state index in [-0.39, 0.29) is 0 Å². The zero-order chi connectivity index (χ0) is 20.5. The molecule has 9 heteroatoms. The summed E-state index contributed by atoms with van der Waals surface area (Å²) < 4.78 is 15.4. The Morgan fingerprint density at radius 3 is 2.79 bits per heavy atom. The summed E-state index contributed by atoms with van der Waals surface area (Å²) >= 11 is 1.49. The van der Waals surface area contributed by atoms with Crippen LogP contribution in [-0.2, 0) is 17.8 Å². The van der Waals surface area contributed by atoms with Gasteiger partial charge in [-0.3, -0.25) is 4.99 Å². The number of hydrogen-bond acceptors (Lipinski definition) is 7. The van der Waals surface area contributed by atoms with Crippen molar-refractivity contribution in [3.05, 3.63) is 35.7 Å². The summed E-state index contributed by atoms with van der Waals surface area (Å²) in [6, 6.07) is 7.94. The fourth-order valence-electron chi connectivity index (χ4n) is 3.15. The molecule has 0 bridgehead atoms. The second-order valence-corrected chi connectivity index (χ2v) is 7.43. The third-order valence-electron chi connectivity index (χ3n) is 4.77. The van der Waals surface area contributed by atoms with Gasteiger partial charge in [0.15, 0.2) is 5.96 Å². The third-order valence-corrected chi connectivity index (χ3v) is 5.58. The quantitative estimate of drug-likeness (QED) is 0.399. The molecule has 29 heavy (non-hydrogen) atoms. The van der Waals surface area contributed by atoms with Gasteiger partial charge >= 0.3 is 0 Å². The van der Waals surface area contributed by atoms with E-state index in [1.54, 1.807) is 7.11 Å². The van der Waals surface area contributed by atoms with Crippen LogP contribution in [0.3, 0.4) is 0 Å². The fourth-order valence-corrected chi connectivity index (χ4v) is 3.95. The Kier molecular flexibility index (Phi) is 8.06. The van der Waals surface area contributed by atoms with E-state index in [4.69, 9.17) is 9.47 Å². The number of guanidine groups is 1. The van der Waals surface area contributed by atoms with Crippen molar-refractivity contribution in [3.63, 3.8) is 0 Å². The summed E-state index contributed by atoms with van der Waals surface area (Å²) in [5, 5.41) is 4.42. The maximum Gasteiger partial charge on any atom is 0.205 e. The van der Waals surface area contributed by atoms with Gasteiger partial charge in [-0.15, -0.1) is 0 Å². The summed E-state index contributed by atoms with van der Waals surface area (Å²) in [4.78, 5) is 13.6. The number of piperazine rings is 1. The first-order valence-corrected chi connectivity index (χ1v) is 10.7. The van der Waals surface area contributed by atoms with Crippen LogP contribution >= 0.6 is 11.5 Å². The molecule has 0 saturated carbocycles. The SMILES string of the molecule is CCc1nsc(N2CCN(C(=NC)NCCOCc3cccc(OC)c3)CC2)n1. The van der Waals surface area contributed by atoms with E-state index in [2.05, 4.69) is 36.4 Å². The van der Waals surface area contributed by atoms with Gasteiger partial charge in [0, 0.05) is 57.7 Å². The average Bonchev–Trinajstić information content (AvgIpc) is 3.26. The largest absolute Gasteiger partial charge is 0.497 e. The summed E-state index contributed by atoms with van der Waals surface area (Å²) in [5.74, 6) is 2.70. The van der Waals surface area contributed by atoms with Crippen LogP contribution in [0.1, 0.15) is 18.3 Å². The fraction of sp³-hybridized carbons (Fsp3) is 0.550. The lowest BCUT2D eigenvalue weighted by atomic mass is 10.2. The second-order valence-electron chi connectivity index (χ2n) is 6.70. The number of aliphatic imine (C=N–C) groups is 1. The molecule has 0 atom stereocenters. The number of aromatic nitrogens is 2. The first-order valence-electron chi connectivity index (χ1n) is 9.97. The van der Waals surface area contributed by atoms with Crippen molar-refractivity contribution in [1.82, 2.24) is 19.6 Å². The van der Waals surface area contributed by atoms with Crippen molar-refractivity contribution in [2.75, 3.05) is 58.4 Å². The molecule has 3 rings (SSSR count). The van der Waals surface area contributed by atoms with Crippen LogP contribution in [0, 0.1) is 0 Å². The molecule has 0 amide bonds. The predicted octanol–water partition coefficient (Wildman–Crippen LogP) is 2.02. The molecule has 0 radical (unpaired) electrons. The van der Waals surface area contributed by atoms with Crippen molar-refractivity contribution < 1.29 is 9.47 Å². The molecule has 1 N–H and O–H groups in total. The molecule has 1 saturated heterocycles. The Balaban J connectivity index is 1.37. The van der Waals surface area contributed by atoms with E-state index in [0.29, 0.717) is 19.8 Å². The number of nitrogens with zero attached hydrogens (tertiary/aromatic N) is 5. The molecule has 2 aromatic rings. The summed E-state index contributed by atoms with van der Waals surface area (Å²) in [6.07, 6.45) is 0.882. The maximum atomic E-state index is 5.78. The molecule has 8 nitrogen and oxygen atoms in total. The van der Waals surface area contributed by atoms with E-state index in [9.17, 15) is 0 Å². The minimum absolute atomic E-state index is 0.567. The Bertz CT molecular complexity index is 789. The lowest BCUT2D eigenvalue weighted by Crippen LogP contribution is -2.53. The molecule has 158 valence electrons. The molecule has 1 aromatic carbocycles. The van der Waals surface area contributed by atoms with Gasteiger partial charge in [0.25, 0.3) is 0 Å². The molecule has 0 aliphatic carbocycles. The van der Waals surface area contributed by atoms with Gasteiger partial charge in [-0.05, 0) is 17.7 Å². The summed E-state index contributed by atoms with van der Waals surface area (Å²) in [6.45, 7) is 7.64. The Morgan fingerprint density at radius 2 is 2.10 bits per heavy atom. The zero-order valence-corrected chi connectivity index (χ0v) is 18.2. The predicted molar refractivity (Wildman–Crippen MR) is 117 cm³/mol. The van der Waals surface area contributed by atoms with Crippen LogP contribution in [0.5, 0.6) is 5.75 Å². The smallest absolute Gasteiger partial charge is 0.205 e. The number of hydrogen-bond donors (Lipinski definition) is 1. The van der Waals surface area contributed by atoms with Gasteiger partial charge < -0.3 is 24.6 Å². The molecule has 2 heterocycles. The molecular formula is C20H30N6O2S. The van der Waals surface area contributed by atoms with Crippen molar-refractivity contribution in [3.8, 4) is 5.75 Å². The van der Waals surface area contributed by atoms with Crippen LogP contribution in [0.2, 0.25) is 0 Å². The molecule has 1 aliphatic rings. The normalized spacial score (nSPS) is 14.9. The first kappa shape index (κ1) is 21.3. The van der Waals surface area contributed by atoms with Crippen LogP contribution in [0.25, 0.3) is 0 Å². The standard InChI is InChI=1S/C20H30N6O2S/c1-4-18-23-20(29-24-18)26-11-9-25(10-12-26)19(21-2)22-8-13-28-15-16-6-5-7-17(14-16)27-3/h5-7,14H,4,8-13,15H2,1-3H3,(H,21,22). The van der Waals surface area contributed by atoms with Crippen molar-refractivity contribution >= 4 is 22.6 Å². The molecule has 1 aromatic heterocycles. The summed E-state index contributed by atoms with van der Waals surface area (Å²) in [5.41, 5.74) is 1.10. The molecule has 1 aliphatic heterocycles. The van der Waals surface area contributed by atoms with Gasteiger partial charge in [-0.25, -0.2) is 4.98 Å². The minimum Gasteiger partial charge on any atom is -0.497 e. The topological polar surface area (TPSA) is 75.1 Å². The summed E-state index contributed by atoms with van der Waals surface area (Å²) in [7, 11) is 3.50. The number of methoxy groups -OCH3 is 1. The highest BCUT2D eigenvalue weighted by molar-refractivity contribution is 7.09. The third kappa shape index (κ3) is 6.04. The number of anilines is 1. The number of rotatable bonds is 8. The van der Waals surface area contributed by atoms with Gasteiger partial charge in [0.05, 0.1) is 20.3 Å². The Labute approximate surface area is 176 Å². The van der Waals surface area contributed by atoms with Crippen LogP contribution in [0.4, 0.5) is 5.13 Å². The van der Waals surface area contributed by atoms with E-state index in [1.165, 1.54) is 11.5 Å². The van der Waals surface area contributed by atoms with Crippen LogP contribution in [0.15, 0.2) is 29.3 Å². The van der Waals surface area contributed by atoms with E-state index in [1.807, 2.05) is 31.3 Å². The van der Waals surface area contributed by atoms with Crippen molar-refractivity contribution in [1.29, 1.82) is 0 Å².